The minimum Gasteiger partial charge on any atom is -0.326 e. The molecule has 0 spiro atoms. The van der Waals surface area contributed by atoms with Gasteiger partial charge in [-0.3, -0.25) is 9.59 Å². The molecule has 6 nitrogen and oxygen atoms in total. The van der Waals surface area contributed by atoms with Crippen LogP contribution in [-0.2, 0) is 19.4 Å². The smallest absolute Gasteiger partial charge is 0.239 e. The molecule has 2 N–H and O–H groups in total. The molecule has 122 valence electrons. The molecule has 0 unspecified atom stereocenters. The second-order valence-electron chi connectivity index (χ2n) is 5.37. The van der Waals surface area contributed by atoms with E-state index in [-0.39, 0.29) is 23.3 Å². The summed E-state index contributed by atoms with van der Waals surface area (Å²) >= 11 is 0. The van der Waals surface area contributed by atoms with Gasteiger partial charge in [-0.25, -0.2) is 12.8 Å². The Balaban J connectivity index is 2.81. The molecule has 22 heavy (non-hydrogen) atoms. The Labute approximate surface area is 129 Å². The molecule has 0 saturated heterocycles. The van der Waals surface area contributed by atoms with Gasteiger partial charge in [0.25, 0.3) is 0 Å². The Bertz CT molecular complexity index is 671. The standard InChI is InChI=1S/C14H19FN2O4S/c1-9(2)7-22(20,21)8-14(19)17-13-6-11(16-10(3)18)4-5-12(13)15/h4-6,9H,7-8H2,1-3H3,(H,16,18)(H,17,19). The third-order valence-electron chi connectivity index (χ3n) is 2.50. The Morgan fingerprint density at radius 1 is 1.23 bits per heavy atom. The molecule has 1 aromatic rings. The summed E-state index contributed by atoms with van der Waals surface area (Å²) in [6.07, 6.45) is 0. The number of carbonyl (C=O) groups excluding carboxylic acids is 2. The summed E-state index contributed by atoms with van der Waals surface area (Å²) in [6.45, 7) is 4.75. The van der Waals surface area contributed by atoms with E-state index in [1.807, 2.05) is 0 Å². The van der Waals surface area contributed by atoms with E-state index >= 15 is 0 Å². The van der Waals surface area contributed by atoms with Crippen molar-refractivity contribution in [1.29, 1.82) is 0 Å². The number of rotatable bonds is 6. The van der Waals surface area contributed by atoms with Crippen molar-refractivity contribution in [2.45, 2.75) is 20.8 Å². The normalized spacial score (nSPS) is 11.3. The third-order valence-corrected chi connectivity index (χ3v) is 4.38. The molecule has 1 aromatic carbocycles. The molecule has 0 aromatic heterocycles. The van der Waals surface area contributed by atoms with Crippen LogP contribution in [0.3, 0.4) is 0 Å². The summed E-state index contributed by atoms with van der Waals surface area (Å²) < 4.78 is 37.1. The van der Waals surface area contributed by atoms with Gasteiger partial charge in [-0.05, 0) is 24.1 Å². The van der Waals surface area contributed by atoms with Gasteiger partial charge in [0.15, 0.2) is 9.84 Å². The predicted molar refractivity (Wildman–Crippen MR) is 82.8 cm³/mol. The third kappa shape index (κ3) is 6.21. The van der Waals surface area contributed by atoms with Gasteiger partial charge in [-0.2, -0.15) is 0 Å². The highest BCUT2D eigenvalue weighted by molar-refractivity contribution is 7.92. The molecule has 0 aliphatic carbocycles. The molecule has 0 saturated carbocycles. The van der Waals surface area contributed by atoms with Crippen LogP contribution < -0.4 is 10.6 Å². The summed E-state index contributed by atoms with van der Waals surface area (Å²) in [5.74, 6) is -2.81. The summed E-state index contributed by atoms with van der Waals surface area (Å²) in [7, 11) is -3.55. The number of amides is 2. The summed E-state index contributed by atoms with van der Waals surface area (Å²) in [5.41, 5.74) is 0.116. The molecule has 2 amide bonds. The van der Waals surface area contributed by atoms with Crippen LogP contribution in [0.4, 0.5) is 15.8 Å². The van der Waals surface area contributed by atoms with Crippen LogP contribution in [0.15, 0.2) is 18.2 Å². The average Bonchev–Trinajstić information content (AvgIpc) is 2.29. The number of benzene rings is 1. The van der Waals surface area contributed by atoms with Crippen LogP contribution in [0.5, 0.6) is 0 Å². The van der Waals surface area contributed by atoms with Crippen LogP contribution in [-0.4, -0.2) is 31.7 Å². The van der Waals surface area contributed by atoms with Crippen molar-refractivity contribution >= 4 is 33.0 Å². The lowest BCUT2D eigenvalue weighted by Crippen LogP contribution is -2.26. The first-order chi connectivity index (χ1) is 10.1. The van der Waals surface area contributed by atoms with Gasteiger partial charge in [0, 0.05) is 12.6 Å². The minimum atomic E-state index is -3.55. The second-order valence-corrected chi connectivity index (χ2v) is 7.48. The Morgan fingerprint density at radius 2 is 1.86 bits per heavy atom. The maximum atomic E-state index is 13.6. The Hall–Kier alpha value is -1.96. The number of hydrogen-bond donors (Lipinski definition) is 2. The van der Waals surface area contributed by atoms with Gasteiger partial charge in [-0.15, -0.1) is 0 Å². The van der Waals surface area contributed by atoms with E-state index in [0.717, 1.165) is 6.07 Å². The fraction of sp³-hybridized carbons (Fsp3) is 0.429. The predicted octanol–water partition coefficient (Wildman–Crippen LogP) is 1.79. The summed E-state index contributed by atoms with van der Waals surface area (Å²) in [5, 5.41) is 4.65. The van der Waals surface area contributed by atoms with Crippen LogP contribution in [0.2, 0.25) is 0 Å². The van der Waals surface area contributed by atoms with Crippen molar-refractivity contribution in [3.63, 3.8) is 0 Å². The van der Waals surface area contributed by atoms with Crippen molar-refractivity contribution in [3.05, 3.63) is 24.0 Å². The van der Waals surface area contributed by atoms with Gasteiger partial charge >= 0.3 is 0 Å². The molecule has 0 atom stereocenters. The van der Waals surface area contributed by atoms with Gasteiger partial charge < -0.3 is 10.6 Å². The van der Waals surface area contributed by atoms with Crippen LogP contribution in [0.1, 0.15) is 20.8 Å². The van der Waals surface area contributed by atoms with Gasteiger partial charge in [0.2, 0.25) is 11.8 Å². The first-order valence-corrected chi connectivity index (χ1v) is 8.48. The van der Waals surface area contributed by atoms with Crippen molar-refractivity contribution in [3.8, 4) is 0 Å². The van der Waals surface area contributed by atoms with Crippen LogP contribution in [0.25, 0.3) is 0 Å². The molecule has 8 heteroatoms. The lowest BCUT2D eigenvalue weighted by molar-refractivity contribution is -0.114. The number of halogens is 1. The topological polar surface area (TPSA) is 92.3 Å². The van der Waals surface area contributed by atoms with Crippen LogP contribution >= 0.6 is 0 Å². The average molecular weight is 330 g/mol. The van der Waals surface area contributed by atoms with Crippen molar-refractivity contribution in [1.82, 2.24) is 0 Å². The SMILES string of the molecule is CC(=O)Nc1ccc(F)c(NC(=O)CS(=O)(=O)CC(C)C)c1. The van der Waals surface area contributed by atoms with Crippen molar-refractivity contribution in [2.24, 2.45) is 5.92 Å². The molecule has 0 radical (unpaired) electrons. The quantitative estimate of drug-likeness (QED) is 0.832. The molecule has 0 aliphatic rings. The van der Waals surface area contributed by atoms with E-state index in [1.165, 1.54) is 19.1 Å². The van der Waals surface area contributed by atoms with E-state index in [0.29, 0.717) is 5.69 Å². The summed E-state index contributed by atoms with van der Waals surface area (Å²) in [6, 6.07) is 3.63. The highest BCUT2D eigenvalue weighted by Crippen LogP contribution is 2.19. The van der Waals surface area contributed by atoms with Crippen molar-refractivity contribution < 1.29 is 22.4 Å². The number of sulfone groups is 1. The van der Waals surface area contributed by atoms with Crippen molar-refractivity contribution in [2.75, 3.05) is 22.1 Å². The van der Waals surface area contributed by atoms with E-state index < -0.39 is 27.3 Å². The molecular formula is C14H19FN2O4S. The molecule has 0 bridgehead atoms. The van der Waals surface area contributed by atoms with E-state index in [9.17, 15) is 22.4 Å². The maximum Gasteiger partial charge on any atom is 0.239 e. The lowest BCUT2D eigenvalue weighted by atomic mass is 10.2. The molecule has 1 rings (SSSR count). The molecule has 0 fully saturated rings. The first kappa shape index (κ1) is 18.1. The monoisotopic (exact) mass is 330 g/mol. The second kappa shape index (κ2) is 7.35. The summed E-state index contributed by atoms with van der Waals surface area (Å²) in [4.78, 5) is 22.7. The maximum absolute atomic E-state index is 13.6. The Morgan fingerprint density at radius 3 is 2.41 bits per heavy atom. The van der Waals surface area contributed by atoms with Crippen LogP contribution in [0, 0.1) is 11.7 Å². The molecular weight excluding hydrogens is 311 g/mol. The zero-order chi connectivity index (χ0) is 16.9. The van der Waals surface area contributed by atoms with E-state index in [4.69, 9.17) is 0 Å². The number of nitrogens with one attached hydrogen (secondary N) is 2. The number of anilines is 2. The Kier molecular flexibility index (Phi) is 6.04. The number of carbonyl (C=O) groups is 2. The largest absolute Gasteiger partial charge is 0.326 e. The van der Waals surface area contributed by atoms with E-state index in [1.54, 1.807) is 13.8 Å². The molecule has 0 heterocycles. The highest BCUT2D eigenvalue weighted by Gasteiger charge is 2.19. The van der Waals surface area contributed by atoms with Gasteiger partial charge in [-0.1, -0.05) is 13.8 Å². The zero-order valence-corrected chi connectivity index (χ0v) is 13.5. The minimum absolute atomic E-state index is 0.0994. The molecule has 0 aliphatic heterocycles. The fourth-order valence-electron chi connectivity index (χ4n) is 1.85. The fourth-order valence-corrected chi connectivity index (χ4v) is 3.46. The van der Waals surface area contributed by atoms with E-state index in [2.05, 4.69) is 10.6 Å². The lowest BCUT2D eigenvalue weighted by Gasteiger charge is -2.10. The zero-order valence-electron chi connectivity index (χ0n) is 12.6. The highest BCUT2D eigenvalue weighted by atomic mass is 32.2. The number of hydrogen-bond acceptors (Lipinski definition) is 4. The first-order valence-electron chi connectivity index (χ1n) is 6.66. The van der Waals surface area contributed by atoms with Gasteiger partial charge in [0.1, 0.15) is 11.6 Å². The van der Waals surface area contributed by atoms with Gasteiger partial charge in [0.05, 0.1) is 11.4 Å².